The Hall–Kier alpha value is -1.14. The first-order valence-corrected chi connectivity index (χ1v) is 7.17. The largest absolute Gasteiger partial charge is 0.371 e. The molecule has 0 aromatic carbocycles. The van der Waals surface area contributed by atoms with Crippen LogP contribution in [0.1, 0.15) is 30.3 Å². The van der Waals surface area contributed by atoms with E-state index in [4.69, 9.17) is 10.5 Å². The third-order valence-electron chi connectivity index (χ3n) is 3.45. The number of hydrogen-bond donors (Lipinski definition) is 1. The Kier molecular flexibility index (Phi) is 2.99. The number of thiazole rings is 1. The zero-order valence-electron chi connectivity index (χ0n) is 10.3. The minimum absolute atomic E-state index is 0.213. The maximum atomic E-state index is 11.1. The van der Waals surface area contributed by atoms with Crippen molar-refractivity contribution in [3.05, 3.63) is 11.1 Å². The second-order valence-electron chi connectivity index (χ2n) is 5.11. The molecule has 2 fully saturated rings. The maximum Gasteiger partial charge on any atom is 0.268 e. The number of hydrogen-bond acceptors (Lipinski definition) is 5. The number of carbonyl (C=O) groups is 1. The van der Waals surface area contributed by atoms with E-state index < -0.39 is 5.91 Å². The lowest BCUT2D eigenvalue weighted by molar-refractivity contribution is -0.0271. The highest BCUT2D eigenvalue weighted by Gasteiger charge is 2.37. The Labute approximate surface area is 110 Å². The quantitative estimate of drug-likeness (QED) is 0.895. The monoisotopic (exact) mass is 267 g/mol. The molecular formula is C12H17N3O2S. The van der Waals surface area contributed by atoms with Gasteiger partial charge in [-0.1, -0.05) is 0 Å². The second kappa shape index (κ2) is 4.51. The number of nitrogens with zero attached hydrogens (tertiary/aromatic N) is 2. The fraction of sp³-hybridized carbons (Fsp3) is 0.667. The van der Waals surface area contributed by atoms with E-state index in [1.807, 2.05) is 0 Å². The minimum atomic E-state index is -0.461. The first-order valence-electron chi connectivity index (χ1n) is 6.29. The van der Waals surface area contributed by atoms with Crippen molar-refractivity contribution in [1.82, 2.24) is 4.98 Å². The molecule has 1 aliphatic carbocycles. The molecule has 2 atom stereocenters. The predicted octanol–water partition coefficient (Wildman–Crippen LogP) is 1.25. The van der Waals surface area contributed by atoms with Gasteiger partial charge in [0.15, 0.2) is 5.13 Å². The summed E-state index contributed by atoms with van der Waals surface area (Å²) < 4.78 is 5.96. The van der Waals surface area contributed by atoms with Crippen LogP contribution in [0.2, 0.25) is 0 Å². The highest BCUT2D eigenvalue weighted by Crippen LogP contribution is 2.37. The number of anilines is 1. The van der Waals surface area contributed by atoms with Crippen LogP contribution in [0.4, 0.5) is 5.13 Å². The Morgan fingerprint density at radius 2 is 2.33 bits per heavy atom. The molecule has 18 heavy (non-hydrogen) atoms. The van der Waals surface area contributed by atoms with Gasteiger partial charge in [0.2, 0.25) is 0 Å². The summed E-state index contributed by atoms with van der Waals surface area (Å²) in [4.78, 5) is 17.6. The van der Waals surface area contributed by atoms with Crippen molar-refractivity contribution < 1.29 is 9.53 Å². The first-order chi connectivity index (χ1) is 8.63. The molecule has 0 bridgehead atoms. The van der Waals surface area contributed by atoms with Crippen LogP contribution in [0.3, 0.4) is 0 Å². The summed E-state index contributed by atoms with van der Waals surface area (Å²) in [6.07, 6.45) is 3.07. The summed E-state index contributed by atoms with van der Waals surface area (Å²) in [5.41, 5.74) is 5.59. The van der Waals surface area contributed by atoms with E-state index in [0.29, 0.717) is 17.7 Å². The number of aromatic nitrogens is 1. The van der Waals surface area contributed by atoms with Gasteiger partial charge in [0.05, 0.1) is 12.2 Å². The molecule has 5 nitrogen and oxygen atoms in total. The predicted molar refractivity (Wildman–Crippen MR) is 69.9 cm³/mol. The molecule has 1 aliphatic heterocycles. The lowest BCUT2D eigenvalue weighted by Gasteiger charge is -2.36. The molecule has 1 saturated heterocycles. The van der Waals surface area contributed by atoms with Crippen molar-refractivity contribution in [3.8, 4) is 0 Å². The molecule has 2 aliphatic rings. The zero-order chi connectivity index (χ0) is 12.7. The van der Waals surface area contributed by atoms with Crippen molar-refractivity contribution in [2.75, 3.05) is 18.0 Å². The normalized spacial score (nSPS) is 28.4. The van der Waals surface area contributed by atoms with Gasteiger partial charge >= 0.3 is 0 Å². The van der Waals surface area contributed by atoms with Gasteiger partial charge in [-0.25, -0.2) is 4.98 Å². The molecular weight excluding hydrogens is 250 g/mol. The average molecular weight is 267 g/mol. The molecule has 98 valence electrons. The first kappa shape index (κ1) is 11.9. The molecule has 0 spiro atoms. The van der Waals surface area contributed by atoms with E-state index in [1.165, 1.54) is 24.2 Å². The van der Waals surface area contributed by atoms with E-state index in [0.717, 1.165) is 18.2 Å². The molecule has 1 aromatic rings. The number of rotatable bonds is 3. The maximum absolute atomic E-state index is 11.1. The Balaban J connectivity index is 1.75. The molecule has 0 radical (unpaired) electrons. The molecule has 1 saturated carbocycles. The number of nitrogens with two attached hydrogens (primary N) is 1. The topological polar surface area (TPSA) is 68.5 Å². The number of ether oxygens (including phenoxy) is 1. The van der Waals surface area contributed by atoms with Crippen LogP contribution in [0.15, 0.2) is 5.38 Å². The third-order valence-corrected chi connectivity index (χ3v) is 4.35. The number of primary amides is 1. The van der Waals surface area contributed by atoms with E-state index in [1.54, 1.807) is 5.38 Å². The van der Waals surface area contributed by atoms with Crippen LogP contribution in [0.25, 0.3) is 0 Å². The lowest BCUT2D eigenvalue weighted by Crippen LogP contribution is -2.47. The summed E-state index contributed by atoms with van der Waals surface area (Å²) >= 11 is 1.48. The second-order valence-corrected chi connectivity index (χ2v) is 5.94. The summed E-state index contributed by atoms with van der Waals surface area (Å²) in [6, 6.07) is 0. The van der Waals surface area contributed by atoms with Crippen molar-refractivity contribution in [3.63, 3.8) is 0 Å². The SMILES string of the molecule is C[C@@H]1CN(c2nc(C(N)=O)cs2)C[C@@H](C2CC2)O1. The third kappa shape index (κ3) is 2.35. The summed E-state index contributed by atoms with van der Waals surface area (Å²) in [5, 5.41) is 2.61. The summed E-state index contributed by atoms with van der Waals surface area (Å²) in [5.74, 6) is 0.253. The van der Waals surface area contributed by atoms with Crippen molar-refractivity contribution in [1.29, 1.82) is 0 Å². The lowest BCUT2D eigenvalue weighted by atomic mass is 10.1. The van der Waals surface area contributed by atoms with Crippen LogP contribution >= 0.6 is 11.3 Å². The van der Waals surface area contributed by atoms with Gasteiger partial charge < -0.3 is 15.4 Å². The van der Waals surface area contributed by atoms with E-state index in [9.17, 15) is 4.79 Å². The van der Waals surface area contributed by atoms with Gasteiger partial charge in [-0.05, 0) is 25.7 Å². The van der Waals surface area contributed by atoms with Gasteiger partial charge in [-0.3, -0.25) is 4.79 Å². The standard InChI is InChI=1S/C12H17N3O2S/c1-7-4-15(5-10(17-7)8-2-3-8)12-14-9(6-18-12)11(13)16/h6-8,10H,2-5H2,1H3,(H2,13,16)/t7-,10+/m1/s1. The van der Waals surface area contributed by atoms with Crippen LogP contribution < -0.4 is 10.6 Å². The highest BCUT2D eigenvalue weighted by molar-refractivity contribution is 7.13. The molecule has 2 heterocycles. The van der Waals surface area contributed by atoms with E-state index >= 15 is 0 Å². The van der Waals surface area contributed by atoms with Gasteiger partial charge in [0, 0.05) is 18.5 Å². The Bertz CT molecular complexity index is 458. The van der Waals surface area contributed by atoms with E-state index in [-0.39, 0.29) is 6.10 Å². The average Bonchev–Trinajstić information content (AvgIpc) is 3.05. The fourth-order valence-electron chi connectivity index (χ4n) is 2.39. The number of amides is 1. The zero-order valence-corrected chi connectivity index (χ0v) is 11.2. The summed E-state index contributed by atoms with van der Waals surface area (Å²) in [6.45, 7) is 3.79. The Morgan fingerprint density at radius 1 is 1.56 bits per heavy atom. The van der Waals surface area contributed by atoms with Crippen LogP contribution in [-0.4, -0.2) is 36.2 Å². The molecule has 0 unspecified atom stereocenters. The van der Waals surface area contributed by atoms with Gasteiger partial charge in [-0.15, -0.1) is 11.3 Å². The highest BCUT2D eigenvalue weighted by atomic mass is 32.1. The van der Waals surface area contributed by atoms with Crippen molar-refractivity contribution >= 4 is 22.4 Å². The molecule has 3 rings (SSSR count). The number of carbonyl (C=O) groups excluding carboxylic acids is 1. The number of morpholine rings is 1. The Morgan fingerprint density at radius 3 is 2.94 bits per heavy atom. The van der Waals surface area contributed by atoms with Gasteiger partial charge in [0.1, 0.15) is 5.69 Å². The molecule has 2 N–H and O–H groups in total. The van der Waals surface area contributed by atoms with Gasteiger partial charge in [-0.2, -0.15) is 0 Å². The van der Waals surface area contributed by atoms with Crippen molar-refractivity contribution in [2.45, 2.75) is 32.0 Å². The minimum Gasteiger partial charge on any atom is -0.371 e. The smallest absolute Gasteiger partial charge is 0.268 e. The summed E-state index contributed by atoms with van der Waals surface area (Å²) in [7, 11) is 0. The van der Waals surface area contributed by atoms with Crippen LogP contribution in [-0.2, 0) is 4.74 Å². The van der Waals surface area contributed by atoms with Gasteiger partial charge in [0.25, 0.3) is 5.91 Å². The fourth-order valence-corrected chi connectivity index (χ4v) is 3.23. The van der Waals surface area contributed by atoms with E-state index in [2.05, 4.69) is 16.8 Å². The van der Waals surface area contributed by atoms with Crippen LogP contribution in [0, 0.1) is 5.92 Å². The molecule has 1 aromatic heterocycles. The molecule has 6 heteroatoms. The van der Waals surface area contributed by atoms with Crippen molar-refractivity contribution in [2.24, 2.45) is 11.7 Å². The van der Waals surface area contributed by atoms with Crippen LogP contribution in [0.5, 0.6) is 0 Å². The molecule has 1 amide bonds.